The Morgan fingerprint density at radius 3 is 2.52 bits per heavy atom. The number of hydrogen-bond donors (Lipinski definition) is 1. The van der Waals surface area contributed by atoms with Crippen LogP contribution >= 0.6 is 11.6 Å². The zero-order valence-electron chi connectivity index (χ0n) is 12.2. The first-order chi connectivity index (χ1) is 11.1. The minimum absolute atomic E-state index is 0.234. The van der Waals surface area contributed by atoms with Crippen molar-refractivity contribution in [2.45, 2.75) is 6.42 Å². The predicted octanol–water partition coefficient (Wildman–Crippen LogP) is 4.69. The molecule has 0 amide bonds. The van der Waals surface area contributed by atoms with Gasteiger partial charge in [0.15, 0.2) is 0 Å². The highest BCUT2D eigenvalue weighted by Gasteiger charge is 2.07. The number of carboxylic acids is 1. The van der Waals surface area contributed by atoms with E-state index in [-0.39, 0.29) is 5.56 Å². The predicted molar refractivity (Wildman–Crippen MR) is 90.9 cm³/mol. The lowest BCUT2D eigenvalue weighted by Gasteiger charge is -2.06. The molecule has 23 heavy (non-hydrogen) atoms. The van der Waals surface area contributed by atoms with Gasteiger partial charge in [-0.15, -0.1) is 0 Å². The van der Waals surface area contributed by atoms with E-state index in [1.807, 2.05) is 48.5 Å². The molecular formula is C19H14ClNO2. The molecule has 1 N–H and O–H groups in total. The van der Waals surface area contributed by atoms with E-state index in [9.17, 15) is 4.79 Å². The molecule has 0 aliphatic carbocycles. The van der Waals surface area contributed by atoms with Gasteiger partial charge in [0, 0.05) is 16.8 Å². The highest BCUT2D eigenvalue weighted by molar-refractivity contribution is 6.30. The average Bonchev–Trinajstić information content (AvgIpc) is 2.57. The highest BCUT2D eigenvalue weighted by atomic mass is 35.5. The number of rotatable bonds is 4. The Bertz CT molecular complexity index is 844. The molecule has 4 heteroatoms. The molecule has 1 aromatic heterocycles. The van der Waals surface area contributed by atoms with E-state index in [0.717, 1.165) is 22.6 Å². The summed E-state index contributed by atoms with van der Waals surface area (Å²) < 4.78 is 0. The van der Waals surface area contributed by atoms with Crippen molar-refractivity contribution in [1.82, 2.24) is 4.98 Å². The van der Waals surface area contributed by atoms with Crippen molar-refractivity contribution in [2.75, 3.05) is 0 Å². The van der Waals surface area contributed by atoms with Crippen LogP contribution < -0.4 is 0 Å². The Labute approximate surface area is 139 Å². The number of benzene rings is 2. The zero-order valence-corrected chi connectivity index (χ0v) is 13.0. The summed E-state index contributed by atoms with van der Waals surface area (Å²) in [6.07, 6.45) is 2.30. The monoisotopic (exact) mass is 323 g/mol. The average molecular weight is 324 g/mol. The number of carbonyl (C=O) groups is 1. The quantitative estimate of drug-likeness (QED) is 0.757. The fourth-order valence-corrected chi connectivity index (χ4v) is 2.53. The first kappa shape index (κ1) is 15.3. The van der Waals surface area contributed by atoms with Crippen LogP contribution in [0.25, 0.3) is 11.3 Å². The molecule has 0 radical (unpaired) electrons. The summed E-state index contributed by atoms with van der Waals surface area (Å²) >= 11 is 5.90. The Morgan fingerprint density at radius 1 is 1.00 bits per heavy atom. The summed E-state index contributed by atoms with van der Waals surface area (Å²) in [6.45, 7) is 0. The van der Waals surface area contributed by atoms with E-state index in [2.05, 4.69) is 4.98 Å². The van der Waals surface area contributed by atoms with Gasteiger partial charge in [0.25, 0.3) is 0 Å². The van der Waals surface area contributed by atoms with Crippen LogP contribution in [0.15, 0.2) is 66.9 Å². The third kappa shape index (κ3) is 3.76. The number of pyridine rings is 1. The fraction of sp³-hybridized carbons (Fsp3) is 0.0526. The van der Waals surface area contributed by atoms with E-state index < -0.39 is 5.97 Å². The summed E-state index contributed by atoms with van der Waals surface area (Å²) in [5.41, 5.74) is 4.09. The third-order valence-electron chi connectivity index (χ3n) is 3.55. The maximum absolute atomic E-state index is 11.1. The lowest BCUT2D eigenvalue weighted by Crippen LogP contribution is -1.97. The Kier molecular flexibility index (Phi) is 4.40. The van der Waals surface area contributed by atoms with Crippen molar-refractivity contribution >= 4 is 17.6 Å². The molecule has 3 rings (SSSR count). The minimum atomic E-state index is -0.953. The van der Waals surface area contributed by atoms with Gasteiger partial charge >= 0.3 is 5.97 Å². The van der Waals surface area contributed by atoms with Gasteiger partial charge in [0.1, 0.15) is 0 Å². The van der Waals surface area contributed by atoms with Crippen LogP contribution in [0.2, 0.25) is 5.02 Å². The summed E-state index contributed by atoms with van der Waals surface area (Å²) in [6, 6.07) is 18.8. The Hall–Kier alpha value is -2.65. The fourth-order valence-electron chi connectivity index (χ4n) is 2.40. The standard InChI is InChI=1S/C19H14ClNO2/c20-17-6-4-13(5-7-17)10-14-2-1-3-15(11-14)18-12-16(19(22)23)8-9-21-18/h1-9,11-12H,10H2,(H,22,23). The molecule has 0 aliphatic heterocycles. The summed E-state index contributed by atoms with van der Waals surface area (Å²) in [5, 5.41) is 9.81. The summed E-state index contributed by atoms with van der Waals surface area (Å²) in [4.78, 5) is 15.4. The van der Waals surface area contributed by atoms with Crippen LogP contribution in [0.5, 0.6) is 0 Å². The van der Waals surface area contributed by atoms with Gasteiger partial charge in [-0.2, -0.15) is 0 Å². The molecule has 0 bridgehead atoms. The molecular weight excluding hydrogens is 310 g/mol. The molecule has 0 aliphatic rings. The molecule has 0 unspecified atom stereocenters. The SMILES string of the molecule is O=C(O)c1ccnc(-c2cccc(Cc3ccc(Cl)cc3)c2)c1. The van der Waals surface area contributed by atoms with Crippen LogP contribution in [0.3, 0.4) is 0 Å². The van der Waals surface area contributed by atoms with Crippen molar-refractivity contribution in [1.29, 1.82) is 0 Å². The molecule has 0 saturated heterocycles. The maximum Gasteiger partial charge on any atom is 0.335 e. The largest absolute Gasteiger partial charge is 0.478 e. The second-order valence-electron chi connectivity index (χ2n) is 5.24. The maximum atomic E-state index is 11.1. The number of nitrogens with zero attached hydrogens (tertiary/aromatic N) is 1. The normalized spacial score (nSPS) is 10.5. The van der Waals surface area contributed by atoms with E-state index in [1.54, 1.807) is 6.07 Å². The molecule has 0 spiro atoms. The van der Waals surface area contributed by atoms with E-state index in [4.69, 9.17) is 16.7 Å². The van der Waals surface area contributed by atoms with Crippen LogP contribution in [-0.4, -0.2) is 16.1 Å². The molecule has 3 nitrogen and oxygen atoms in total. The molecule has 0 atom stereocenters. The first-order valence-corrected chi connectivity index (χ1v) is 7.53. The number of hydrogen-bond acceptors (Lipinski definition) is 2. The van der Waals surface area contributed by atoms with E-state index in [1.165, 1.54) is 17.8 Å². The number of halogens is 1. The zero-order chi connectivity index (χ0) is 16.2. The molecule has 1 heterocycles. The van der Waals surface area contributed by atoms with Gasteiger partial charge in [-0.3, -0.25) is 4.98 Å². The minimum Gasteiger partial charge on any atom is -0.478 e. The van der Waals surface area contributed by atoms with Crippen LogP contribution in [-0.2, 0) is 6.42 Å². The summed E-state index contributed by atoms with van der Waals surface area (Å²) in [7, 11) is 0. The molecule has 0 fully saturated rings. The highest BCUT2D eigenvalue weighted by Crippen LogP contribution is 2.21. The van der Waals surface area contributed by atoms with Crippen molar-refractivity contribution in [3.05, 3.63) is 88.6 Å². The van der Waals surface area contributed by atoms with E-state index >= 15 is 0 Å². The van der Waals surface area contributed by atoms with E-state index in [0.29, 0.717) is 5.69 Å². The number of carboxylic acid groups (broad SMARTS) is 1. The number of aromatic nitrogens is 1. The van der Waals surface area contributed by atoms with Crippen molar-refractivity contribution in [2.24, 2.45) is 0 Å². The second kappa shape index (κ2) is 6.63. The summed E-state index contributed by atoms with van der Waals surface area (Å²) in [5.74, 6) is -0.953. The van der Waals surface area contributed by atoms with Gasteiger partial charge in [-0.1, -0.05) is 41.9 Å². The second-order valence-corrected chi connectivity index (χ2v) is 5.67. The van der Waals surface area contributed by atoms with Crippen LogP contribution in [0.1, 0.15) is 21.5 Å². The first-order valence-electron chi connectivity index (χ1n) is 7.15. The van der Waals surface area contributed by atoms with Crippen molar-refractivity contribution in [3.8, 4) is 11.3 Å². The Balaban J connectivity index is 1.89. The van der Waals surface area contributed by atoms with Gasteiger partial charge in [0.2, 0.25) is 0 Å². The third-order valence-corrected chi connectivity index (χ3v) is 3.80. The molecule has 2 aromatic carbocycles. The van der Waals surface area contributed by atoms with Gasteiger partial charge in [-0.25, -0.2) is 4.79 Å². The van der Waals surface area contributed by atoms with Gasteiger partial charge in [0.05, 0.1) is 11.3 Å². The topological polar surface area (TPSA) is 50.2 Å². The van der Waals surface area contributed by atoms with Crippen LogP contribution in [0, 0.1) is 0 Å². The Morgan fingerprint density at radius 2 is 1.78 bits per heavy atom. The molecule has 3 aromatic rings. The van der Waals surface area contributed by atoms with Gasteiger partial charge < -0.3 is 5.11 Å². The smallest absolute Gasteiger partial charge is 0.335 e. The van der Waals surface area contributed by atoms with Crippen molar-refractivity contribution in [3.63, 3.8) is 0 Å². The lowest BCUT2D eigenvalue weighted by molar-refractivity contribution is 0.0697. The van der Waals surface area contributed by atoms with Gasteiger partial charge in [-0.05, 0) is 47.9 Å². The molecule has 0 saturated carbocycles. The van der Waals surface area contributed by atoms with Crippen LogP contribution in [0.4, 0.5) is 0 Å². The molecule has 114 valence electrons. The lowest BCUT2D eigenvalue weighted by atomic mass is 10.0. The number of aromatic carboxylic acids is 1. The van der Waals surface area contributed by atoms with Crippen molar-refractivity contribution < 1.29 is 9.90 Å².